The van der Waals surface area contributed by atoms with Crippen LogP contribution in [0.2, 0.25) is 0 Å². The van der Waals surface area contributed by atoms with Crippen molar-refractivity contribution in [2.24, 2.45) is 5.92 Å². The van der Waals surface area contributed by atoms with Crippen LogP contribution in [-0.4, -0.2) is 49.1 Å². The number of carbonyl (C=O) groups is 1. The van der Waals surface area contributed by atoms with Crippen LogP contribution < -0.4 is 5.32 Å². The standard InChI is InChI=1S/C17H27N3O2/c1-19(13-14-6-4-7-14)17(21)18-12-15(16-8-5-11-22-16)20-9-2-3-10-20/h5,8,11,14-15H,2-4,6-7,9-10,12-13H2,1H3,(H,18,21)/t15-/m1/s1. The van der Waals surface area contributed by atoms with Gasteiger partial charge in [-0.05, 0) is 56.8 Å². The number of hydrogen-bond acceptors (Lipinski definition) is 3. The molecule has 1 aromatic rings. The first-order valence-corrected chi connectivity index (χ1v) is 8.50. The second-order valence-corrected chi connectivity index (χ2v) is 6.64. The molecule has 22 heavy (non-hydrogen) atoms. The normalized spacial score (nSPS) is 20.6. The van der Waals surface area contributed by atoms with Crippen molar-refractivity contribution >= 4 is 6.03 Å². The summed E-state index contributed by atoms with van der Waals surface area (Å²) in [6, 6.07) is 4.11. The molecule has 122 valence electrons. The number of furan rings is 1. The predicted octanol–water partition coefficient (Wildman–Crippen LogP) is 2.86. The van der Waals surface area contributed by atoms with E-state index in [1.54, 1.807) is 6.26 Å². The molecule has 1 saturated heterocycles. The molecule has 1 aromatic heterocycles. The van der Waals surface area contributed by atoms with E-state index in [4.69, 9.17) is 4.42 Å². The van der Waals surface area contributed by atoms with E-state index in [9.17, 15) is 4.79 Å². The van der Waals surface area contributed by atoms with E-state index in [1.807, 2.05) is 24.1 Å². The molecule has 1 aliphatic carbocycles. The quantitative estimate of drug-likeness (QED) is 0.879. The number of urea groups is 1. The van der Waals surface area contributed by atoms with Crippen molar-refractivity contribution in [3.8, 4) is 0 Å². The number of amides is 2. The molecule has 1 aliphatic heterocycles. The number of nitrogens with zero attached hydrogens (tertiary/aromatic N) is 2. The van der Waals surface area contributed by atoms with Gasteiger partial charge in [-0.15, -0.1) is 0 Å². The second-order valence-electron chi connectivity index (χ2n) is 6.64. The number of hydrogen-bond donors (Lipinski definition) is 1. The van der Waals surface area contributed by atoms with Crippen LogP contribution in [0.5, 0.6) is 0 Å². The van der Waals surface area contributed by atoms with Gasteiger partial charge in [0, 0.05) is 20.1 Å². The Balaban J connectivity index is 1.52. The fraction of sp³-hybridized carbons (Fsp3) is 0.706. The van der Waals surface area contributed by atoms with Crippen molar-refractivity contribution in [2.45, 2.75) is 38.1 Å². The zero-order valence-electron chi connectivity index (χ0n) is 13.5. The Morgan fingerprint density at radius 2 is 2.18 bits per heavy atom. The molecule has 2 heterocycles. The Bertz CT molecular complexity index is 464. The molecule has 0 radical (unpaired) electrons. The molecule has 1 atom stereocenters. The van der Waals surface area contributed by atoms with Gasteiger partial charge in [0.2, 0.25) is 0 Å². The summed E-state index contributed by atoms with van der Waals surface area (Å²) in [5.41, 5.74) is 0. The van der Waals surface area contributed by atoms with E-state index in [1.165, 1.54) is 32.1 Å². The van der Waals surface area contributed by atoms with Crippen molar-refractivity contribution in [2.75, 3.05) is 33.2 Å². The van der Waals surface area contributed by atoms with E-state index in [2.05, 4.69) is 10.2 Å². The minimum atomic E-state index is 0.0302. The molecule has 0 aromatic carbocycles. The summed E-state index contributed by atoms with van der Waals surface area (Å²) in [5.74, 6) is 1.65. The molecular formula is C17H27N3O2. The lowest BCUT2D eigenvalue weighted by molar-refractivity contribution is 0.172. The summed E-state index contributed by atoms with van der Waals surface area (Å²) in [5, 5.41) is 3.09. The number of nitrogens with one attached hydrogen (secondary N) is 1. The third-order valence-electron chi connectivity index (χ3n) is 5.00. The Hall–Kier alpha value is -1.49. The molecule has 2 fully saturated rings. The number of likely N-dealkylation sites (tertiary alicyclic amines) is 1. The van der Waals surface area contributed by atoms with Gasteiger partial charge in [-0.25, -0.2) is 4.79 Å². The van der Waals surface area contributed by atoms with Crippen LogP contribution >= 0.6 is 0 Å². The summed E-state index contributed by atoms with van der Waals surface area (Å²) in [6.07, 6.45) is 8.01. The Kier molecular flexibility index (Phi) is 5.03. The third-order valence-corrected chi connectivity index (χ3v) is 5.00. The van der Waals surface area contributed by atoms with Gasteiger partial charge in [-0.1, -0.05) is 6.42 Å². The fourth-order valence-corrected chi connectivity index (χ4v) is 3.41. The summed E-state index contributed by atoms with van der Waals surface area (Å²) < 4.78 is 5.59. The monoisotopic (exact) mass is 305 g/mol. The van der Waals surface area contributed by atoms with Gasteiger partial charge in [-0.2, -0.15) is 0 Å². The smallest absolute Gasteiger partial charge is 0.317 e. The van der Waals surface area contributed by atoms with Crippen molar-refractivity contribution < 1.29 is 9.21 Å². The molecular weight excluding hydrogens is 278 g/mol. The highest BCUT2D eigenvalue weighted by atomic mass is 16.3. The zero-order valence-corrected chi connectivity index (χ0v) is 13.5. The van der Waals surface area contributed by atoms with Crippen LogP contribution in [-0.2, 0) is 0 Å². The van der Waals surface area contributed by atoms with Crippen molar-refractivity contribution in [3.05, 3.63) is 24.2 Å². The second kappa shape index (κ2) is 7.18. The minimum Gasteiger partial charge on any atom is -0.468 e. The maximum Gasteiger partial charge on any atom is 0.317 e. The van der Waals surface area contributed by atoms with E-state index < -0.39 is 0 Å². The zero-order chi connectivity index (χ0) is 15.4. The molecule has 5 heteroatoms. The Morgan fingerprint density at radius 3 is 2.77 bits per heavy atom. The van der Waals surface area contributed by atoms with Crippen molar-refractivity contribution in [3.63, 3.8) is 0 Å². The summed E-state index contributed by atoms with van der Waals surface area (Å²) in [6.45, 7) is 3.65. The van der Waals surface area contributed by atoms with Gasteiger partial charge in [0.15, 0.2) is 0 Å². The largest absolute Gasteiger partial charge is 0.468 e. The van der Waals surface area contributed by atoms with Crippen molar-refractivity contribution in [1.82, 2.24) is 15.1 Å². The van der Waals surface area contributed by atoms with Gasteiger partial charge in [0.25, 0.3) is 0 Å². The van der Waals surface area contributed by atoms with Crippen LogP contribution in [0.4, 0.5) is 4.79 Å². The van der Waals surface area contributed by atoms with Gasteiger partial charge >= 0.3 is 6.03 Å². The van der Waals surface area contributed by atoms with Crippen LogP contribution in [0.15, 0.2) is 22.8 Å². The van der Waals surface area contributed by atoms with E-state index >= 15 is 0 Å². The van der Waals surface area contributed by atoms with Crippen LogP contribution in [0.3, 0.4) is 0 Å². The average Bonchev–Trinajstić information content (AvgIpc) is 3.16. The molecule has 0 spiro atoms. The molecule has 2 amide bonds. The molecule has 5 nitrogen and oxygen atoms in total. The van der Waals surface area contributed by atoms with E-state index in [0.717, 1.165) is 25.4 Å². The maximum atomic E-state index is 12.3. The lowest BCUT2D eigenvalue weighted by atomic mass is 9.85. The lowest BCUT2D eigenvalue weighted by Crippen LogP contribution is -2.44. The van der Waals surface area contributed by atoms with Gasteiger partial charge in [-0.3, -0.25) is 4.90 Å². The predicted molar refractivity (Wildman–Crippen MR) is 85.6 cm³/mol. The number of carbonyl (C=O) groups excluding carboxylic acids is 1. The van der Waals surface area contributed by atoms with Gasteiger partial charge in [0.1, 0.15) is 5.76 Å². The third kappa shape index (κ3) is 3.64. The van der Waals surface area contributed by atoms with E-state index in [0.29, 0.717) is 12.5 Å². The van der Waals surface area contributed by atoms with Crippen LogP contribution in [0, 0.1) is 5.92 Å². The first kappa shape index (κ1) is 15.4. The Labute approximate surface area is 132 Å². The van der Waals surface area contributed by atoms with Crippen LogP contribution in [0.25, 0.3) is 0 Å². The highest BCUT2D eigenvalue weighted by molar-refractivity contribution is 5.73. The van der Waals surface area contributed by atoms with Crippen molar-refractivity contribution in [1.29, 1.82) is 0 Å². The number of rotatable bonds is 6. The highest BCUT2D eigenvalue weighted by Crippen LogP contribution is 2.27. The molecule has 3 rings (SSSR count). The topological polar surface area (TPSA) is 48.7 Å². The highest BCUT2D eigenvalue weighted by Gasteiger charge is 2.27. The summed E-state index contributed by atoms with van der Waals surface area (Å²) in [4.78, 5) is 16.5. The molecule has 2 aliphatic rings. The molecule has 0 bridgehead atoms. The summed E-state index contributed by atoms with van der Waals surface area (Å²) >= 11 is 0. The first-order valence-electron chi connectivity index (χ1n) is 8.50. The SMILES string of the molecule is CN(CC1CCC1)C(=O)NC[C@H](c1ccco1)N1CCCC1. The van der Waals surface area contributed by atoms with Gasteiger partial charge in [0.05, 0.1) is 12.3 Å². The molecule has 0 unspecified atom stereocenters. The maximum absolute atomic E-state index is 12.3. The van der Waals surface area contributed by atoms with E-state index in [-0.39, 0.29) is 12.1 Å². The van der Waals surface area contributed by atoms with Gasteiger partial charge < -0.3 is 14.6 Å². The lowest BCUT2D eigenvalue weighted by Gasteiger charge is -2.31. The molecule has 1 N–H and O–H groups in total. The minimum absolute atomic E-state index is 0.0302. The average molecular weight is 305 g/mol. The van der Waals surface area contributed by atoms with Crippen LogP contribution in [0.1, 0.15) is 43.9 Å². The first-order chi connectivity index (χ1) is 10.7. The Morgan fingerprint density at radius 1 is 1.41 bits per heavy atom. The summed E-state index contributed by atoms with van der Waals surface area (Å²) in [7, 11) is 1.89. The fourth-order valence-electron chi connectivity index (χ4n) is 3.41. The molecule has 1 saturated carbocycles.